The number of hydrogen-bond acceptors (Lipinski definition) is 2. The molecule has 0 fully saturated rings. The minimum absolute atomic E-state index is 0.542. The van der Waals surface area contributed by atoms with Gasteiger partial charge >= 0.3 is 6.18 Å². The van der Waals surface area contributed by atoms with Crippen LogP contribution in [0.4, 0.5) is 13.2 Å². The fourth-order valence-electron chi connectivity index (χ4n) is 3.07. The number of nitrogens with zero attached hydrogens (tertiary/aromatic N) is 3. The lowest BCUT2D eigenvalue weighted by Crippen LogP contribution is -2.06. The summed E-state index contributed by atoms with van der Waals surface area (Å²) in [5.74, 6) is 1.22. The van der Waals surface area contributed by atoms with E-state index in [9.17, 15) is 13.2 Å². The van der Waals surface area contributed by atoms with Crippen molar-refractivity contribution in [2.75, 3.05) is 0 Å². The highest BCUT2D eigenvalue weighted by atomic mass is 79.9. The van der Waals surface area contributed by atoms with Gasteiger partial charge in [0.1, 0.15) is 0 Å². The van der Waals surface area contributed by atoms with Gasteiger partial charge in [0.05, 0.1) is 11.3 Å². The Morgan fingerprint density at radius 1 is 1.04 bits per heavy atom. The Morgan fingerprint density at radius 2 is 1.63 bits per heavy atom. The minimum atomic E-state index is -4.36. The van der Waals surface area contributed by atoms with Crippen LogP contribution in [0.5, 0.6) is 0 Å². The van der Waals surface area contributed by atoms with Crippen molar-refractivity contribution in [1.82, 2.24) is 14.8 Å². The molecule has 2 aromatic carbocycles. The largest absolute Gasteiger partial charge is 0.416 e. The van der Waals surface area contributed by atoms with E-state index in [1.54, 1.807) is 4.68 Å². The quantitative estimate of drug-likeness (QED) is 0.480. The van der Waals surface area contributed by atoms with Crippen molar-refractivity contribution < 1.29 is 13.2 Å². The summed E-state index contributed by atoms with van der Waals surface area (Å²) in [4.78, 5) is 4.60. The predicted molar refractivity (Wildman–Crippen MR) is 103 cm³/mol. The first-order chi connectivity index (χ1) is 12.7. The molecule has 7 heteroatoms. The molecule has 0 bridgehead atoms. The Hall–Kier alpha value is -2.15. The van der Waals surface area contributed by atoms with Crippen LogP contribution in [-0.2, 0) is 12.6 Å². The molecule has 0 N–H and O–H groups in total. The molecule has 0 radical (unpaired) electrons. The second-order valence-corrected chi connectivity index (χ2v) is 7.39. The summed E-state index contributed by atoms with van der Waals surface area (Å²) in [6.07, 6.45) is -2.78. The van der Waals surface area contributed by atoms with E-state index in [1.807, 2.05) is 32.9 Å². The van der Waals surface area contributed by atoms with Gasteiger partial charge in [-0.05, 0) is 55.7 Å². The average Bonchev–Trinajstić information content (AvgIpc) is 2.97. The Kier molecular flexibility index (Phi) is 5.42. The molecule has 0 aliphatic carbocycles. The third kappa shape index (κ3) is 4.08. The normalized spacial score (nSPS) is 11.8. The molecule has 0 unspecified atom stereocenters. The van der Waals surface area contributed by atoms with Gasteiger partial charge in [0.15, 0.2) is 11.6 Å². The fraction of sp³-hybridized carbons (Fsp3) is 0.300. The second kappa shape index (κ2) is 7.46. The van der Waals surface area contributed by atoms with E-state index in [1.165, 1.54) is 12.1 Å². The van der Waals surface area contributed by atoms with Crippen LogP contribution < -0.4 is 0 Å². The van der Waals surface area contributed by atoms with Crippen LogP contribution in [0.25, 0.3) is 17.1 Å². The number of alkyl halides is 3. The lowest BCUT2D eigenvalue weighted by atomic mass is 10.1. The lowest BCUT2D eigenvalue weighted by Gasteiger charge is -2.13. The van der Waals surface area contributed by atoms with Gasteiger partial charge in [-0.15, -0.1) is 0 Å². The number of aromatic nitrogens is 3. The molecule has 1 heterocycles. The third-order valence-corrected chi connectivity index (χ3v) is 4.72. The zero-order chi connectivity index (χ0) is 19.8. The molecule has 0 atom stereocenters. The number of rotatable bonds is 4. The molecule has 0 spiro atoms. The Morgan fingerprint density at radius 3 is 2.15 bits per heavy atom. The van der Waals surface area contributed by atoms with E-state index in [0.717, 1.165) is 39.8 Å². The highest BCUT2D eigenvalue weighted by Crippen LogP contribution is 2.32. The molecule has 3 rings (SSSR count). The van der Waals surface area contributed by atoms with Crippen LogP contribution in [0.1, 0.15) is 35.9 Å². The van der Waals surface area contributed by atoms with E-state index in [0.29, 0.717) is 23.6 Å². The predicted octanol–water partition coefficient (Wildman–Crippen LogP) is 6.28. The number of aryl methyl sites for hydroxylation is 3. The Bertz CT molecular complexity index is 937. The molecule has 0 aliphatic heterocycles. The highest BCUT2D eigenvalue weighted by Gasteiger charge is 2.30. The van der Waals surface area contributed by atoms with Crippen molar-refractivity contribution >= 4 is 15.9 Å². The third-order valence-electron chi connectivity index (χ3n) is 4.26. The molecule has 27 heavy (non-hydrogen) atoms. The van der Waals surface area contributed by atoms with Crippen molar-refractivity contribution in [3.8, 4) is 17.1 Å². The van der Waals surface area contributed by atoms with Crippen molar-refractivity contribution in [2.24, 2.45) is 0 Å². The first-order valence-corrected chi connectivity index (χ1v) is 9.40. The molecule has 0 saturated carbocycles. The number of halogens is 4. The molecule has 1 aromatic heterocycles. The van der Waals surface area contributed by atoms with E-state index < -0.39 is 11.7 Å². The van der Waals surface area contributed by atoms with E-state index >= 15 is 0 Å². The van der Waals surface area contributed by atoms with Crippen LogP contribution in [0, 0.1) is 13.8 Å². The maximum Gasteiger partial charge on any atom is 0.416 e. The first-order valence-electron chi connectivity index (χ1n) is 8.61. The molecule has 0 saturated heterocycles. The van der Waals surface area contributed by atoms with Gasteiger partial charge < -0.3 is 0 Å². The summed E-state index contributed by atoms with van der Waals surface area (Å²) in [6, 6.07) is 9.02. The van der Waals surface area contributed by atoms with Crippen molar-refractivity contribution in [2.45, 2.75) is 39.8 Å². The molecule has 142 valence electrons. The van der Waals surface area contributed by atoms with Crippen LogP contribution >= 0.6 is 15.9 Å². The topological polar surface area (TPSA) is 30.7 Å². The van der Waals surface area contributed by atoms with E-state index in [-0.39, 0.29) is 0 Å². The summed E-state index contributed by atoms with van der Waals surface area (Å²) < 4.78 is 41.3. The van der Waals surface area contributed by atoms with Crippen LogP contribution in [0.3, 0.4) is 0 Å². The fourth-order valence-corrected chi connectivity index (χ4v) is 3.76. The maximum absolute atomic E-state index is 12.9. The highest BCUT2D eigenvalue weighted by molar-refractivity contribution is 9.10. The molecule has 0 amide bonds. The summed E-state index contributed by atoms with van der Waals surface area (Å²) in [7, 11) is 0. The standard InChI is InChI=1S/C20H19BrF3N3/c1-4-5-17-25-19(14-6-8-15(9-7-14)20(22,23)24)27(26-17)18-12(2)10-16(21)11-13(18)3/h6-11H,4-5H2,1-3H3. The smallest absolute Gasteiger partial charge is 0.212 e. The van der Waals surface area contributed by atoms with Crippen LogP contribution in [0.2, 0.25) is 0 Å². The van der Waals surface area contributed by atoms with Crippen molar-refractivity contribution in [3.63, 3.8) is 0 Å². The van der Waals surface area contributed by atoms with Crippen molar-refractivity contribution in [3.05, 3.63) is 63.4 Å². The second-order valence-electron chi connectivity index (χ2n) is 6.48. The Balaban J connectivity index is 2.16. The lowest BCUT2D eigenvalue weighted by molar-refractivity contribution is -0.137. The van der Waals surface area contributed by atoms with Crippen LogP contribution in [0.15, 0.2) is 40.9 Å². The van der Waals surface area contributed by atoms with E-state index in [2.05, 4.69) is 26.0 Å². The SMILES string of the molecule is CCCc1nc(-c2ccc(C(F)(F)F)cc2)n(-c2c(C)cc(Br)cc2C)n1. The molecule has 3 nitrogen and oxygen atoms in total. The number of hydrogen-bond donors (Lipinski definition) is 0. The minimum Gasteiger partial charge on any atom is -0.212 e. The Labute approximate surface area is 164 Å². The van der Waals surface area contributed by atoms with Gasteiger partial charge in [-0.25, -0.2) is 9.67 Å². The van der Waals surface area contributed by atoms with Gasteiger partial charge in [-0.3, -0.25) is 0 Å². The van der Waals surface area contributed by atoms with Crippen molar-refractivity contribution in [1.29, 1.82) is 0 Å². The van der Waals surface area contributed by atoms with E-state index in [4.69, 9.17) is 0 Å². The van der Waals surface area contributed by atoms with Gasteiger partial charge in [0.2, 0.25) is 0 Å². The number of benzene rings is 2. The van der Waals surface area contributed by atoms with Gasteiger partial charge in [0.25, 0.3) is 0 Å². The molecule has 0 aliphatic rings. The molecular weight excluding hydrogens is 419 g/mol. The zero-order valence-corrected chi connectivity index (χ0v) is 16.8. The summed E-state index contributed by atoms with van der Waals surface area (Å²) in [6.45, 7) is 5.99. The summed E-state index contributed by atoms with van der Waals surface area (Å²) in [5.41, 5.74) is 2.82. The van der Waals surface area contributed by atoms with Crippen LogP contribution in [-0.4, -0.2) is 14.8 Å². The van der Waals surface area contributed by atoms with Gasteiger partial charge in [-0.2, -0.15) is 18.3 Å². The molecule has 3 aromatic rings. The zero-order valence-electron chi connectivity index (χ0n) is 15.2. The van der Waals surface area contributed by atoms with Gasteiger partial charge in [0, 0.05) is 16.5 Å². The monoisotopic (exact) mass is 437 g/mol. The summed E-state index contributed by atoms with van der Waals surface area (Å²) >= 11 is 3.49. The van der Waals surface area contributed by atoms with Gasteiger partial charge in [-0.1, -0.05) is 35.0 Å². The summed E-state index contributed by atoms with van der Waals surface area (Å²) in [5, 5.41) is 4.64. The average molecular weight is 438 g/mol. The first kappa shape index (κ1) is 19.6. The maximum atomic E-state index is 12.9. The molecular formula is C20H19BrF3N3.